The molecule has 14 heavy (non-hydrogen) atoms. The van der Waals surface area contributed by atoms with Gasteiger partial charge in [-0.15, -0.1) is 13.2 Å². The molecule has 0 bridgehead atoms. The predicted molar refractivity (Wildman–Crippen MR) is 46.5 cm³/mol. The zero-order chi connectivity index (χ0) is 10.8. The fourth-order valence-corrected chi connectivity index (χ4v) is 1.17. The minimum Gasteiger partial charge on any atom is -0.404 e. The highest BCUT2D eigenvalue weighted by Crippen LogP contribution is 2.26. The summed E-state index contributed by atoms with van der Waals surface area (Å²) in [7, 11) is 0. The second-order valence-electron chi connectivity index (χ2n) is 2.33. The molecule has 1 rings (SSSR count). The Hall–Kier alpha value is -0.820. The van der Waals surface area contributed by atoms with Crippen molar-refractivity contribution in [3.63, 3.8) is 0 Å². The van der Waals surface area contributed by atoms with Crippen molar-refractivity contribution in [2.24, 2.45) is 5.73 Å². The van der Waals surface area contributed by atoms with Gasteiger partial charge < -0.3 is 10.5 Å². The Morgan fingerprint density at radius 1 is 1.43 bits per heavy atom. The van der Waals surface area contributed by atoms with Crippen LogP contribution in [0.1, 0.15) is 5.69 Å². The number of aromatic nitrogens is 1. The summed E-state index contributed by atoms with van der Waals surface area (Å²) in [6, 6.07) is 2.51. The Kier molecular flexibility index (Phi) is 3.33. The Balaban J connectivity index is 2.97. The van der Waals surface area contributed by atoms with E-state index in [0.717, 1.165) is 6.07 Å². The maximum atomic E-state index is 11.9. The van der Waals surface area contributed by atoms with Crippen molar-refractivity contribution in [3.8, 4) is 5.75 Å². The second kappa shape index (κ2) is 4.14. The van der Waals surface area contributed by atoms with Crippen LogP contribution in [-0.2, 0) is 6.54 Å². The molecule has 0 aliphatic rings. The average molecular weight is 271 g/mol. The second-order valence-corrected chi connectivity index (χ2v) is 3.14. The van der Waals surface area contributed by atoms with Crippen LogP contribution in [0.4, 0.5) is 13.2 Å². The lowest BCUT2D eigenvalue weighted by Gasteiger charge is -2.11. The standard InChI is InChI=1S/C7H6BrF3N2O/c8-6-2-1-5(4(3-12)13-6)14-7(9,10)11/h1-2H,3,12H2. The number of ether oxygens (including phenoxy) is 1. The summed E-state index contributed by atoms with van der Waals surface area (Å²) in [6.07, 6.45) is -4.72. The van der Waals surface area contributed by atoms with Crippen molar-refractivity contribution in [2.45, 2.75) is 12.9 Å². The first-order valence-corrected chi connectivity index (χ1v) is 4.33. The van der Waals surface area contributed by atoms with Gasteiger partial charge in [0, 0.05) is 6.54 Å². The van der Waals surface area contributed by atoms with E-state index in [9.17, 15) is 13.2 Å². The molecule has 0 unspecified atom stereocenters. The largest absolute Gasteiger partial charge is 0.573 e. The first-order chi connectivity index (χ1) is 6.42. The van der Waals surface area contributed by atoms with E-state index >= 15 is 0 Å². The fourth-order valence-electron chi connectivity index (χ4n) is 0.826. The number of alkyl halides is 3. The molecular weight excluding hydrogens is 265 g/mol. The fraction of sp³-hybridized carbons (Fsp3) is 0.286. The van der Waals surface area contributed by atoms with Crippen molar-refractivity contribution < 1.29 is 17.9 Å². The van der Waals surface area contributed by atoms with E-state index in [1.807, 2.05) is 0 Å². The molecule has 0 aliphatic carbocycles. The molecule has 0 fully saturated rings. The number of rotatable bonds is 2. The zero-order valence-corrected chi connectivity index (χ0v) is 8.39. The van der Waals surface area contributed by atoms with Gasteiger partial charge in [0.2, 0.25) is 0 Å². The number of nitrogens with two attached hydrogens (primary N) is 1. The molecule has 1 aromatic heterocycles. The highest BCUT2D eigenvalue weighted by molar-refractivity contribution is 9.10. The summed E-state index contributed by atoms with van der Waals surface area (Å²) in [5.41, 5.74) is 5.26. The van der Waals surface area contributed by atoms with Crippen molar-refractivity contribution in [1.82, 2.24) is 4.98 Å². The monoisotopic (exact) mass is 270 g/mol. The maximum absolute atomic E-state index is 11.9. The quantitative estimate of drug-likeness (QED) is 0.839. The molecule has 7 heteroatoms. The van der Waals surface area contributed by atoms with E-state index in [-0.39, 0.29) is 18.0 Å². The van der Waals surface area contributed by atoms with Crippen molar-refractivity contribution in [2.75, 3.05) is 0 Å². The molecule has 0 radical (unpaired) electrons. The summed E-state index contributed by atoms with van der Waals surface area (Å²) >= 11 is 3.01. The van der Waals surface area contributed by atoms with Crippen molar-refractivity contribution in [3.05, 3.63) is 22.4 Å². The van der Waals surface area contributed by atoms with E-state index in [4.69, 9.17) is 5.73 Å². The van der Waals surface area contributed by atoms with Gasteiger partial charge in [0.25, 0.3) is 0 Å². The number of halogens is 4. The third-order valence-electron chi connectivity index (χ3n) is 1.32. The van der Waals surface area contributed by atoms with Gasteiger partial charge in [-0.2, -0.15) is 0 Å². The van der Waals surface area contributed by atoms with Crippen LogP contribution in [0.25, 0.3) is 0 Å². The van der Waals surface area contributed by atoms with Crippen LogP contribution in [0.15, 0.2) is 16.7 Å². The molecule has 1 heterocycles. The topological polar surface area (TPSA) is 48.1 Å². The van der Waals surface area contributed by atoms with Gasteiger partial charge in [-0.3, -0.25) is 0 Å². The van der Waals surface area contributed by atoms with Gasteiger partial charge in [-0.25, -0.2) is 4.98 Å². The van der Waals surface area contributed by atoms with Crippen LogP contribution in [-0.4, -0.2) is 11.3 Å². The first-order valence-electron chi connectivity index (χ1n) is 3.53. The van der Waals surface area contributed by atoms with Gasteiger partial charge >= 0.3 is 6.36 Å². The molecule has 0 aromatic carbocycles. The van der Waals surface area contributed by atoms with E-state index in [1.165, 1.54) is 6.07 Å². The number of hydrogen-bond donors (Lipinski definition) is 1. The molecule has 3 nitrogen and oxygen atoms in total. The van der Waals surface area contributed by atoms with Gasteiger partial charge in [-0.05, 0) is 28.1 Å². The lowest BCUT2D eigenvalue weighted by Crippen LogP contribution is -2.19. The third kappa shape index (κ3) is 3.15. The SMILES string of the molecule is NCc1nc(Br)ccc1OC(F)(F)F. The predicted octanol–water partition coefficient (Wildman–Crippen LogP) is 2.20. The van der Waals surface area contributed by atoms with Gasteiger partial charge in [0.15, 0.2) is 5.75 Å². The van der Waals surface area contributed by atoms with Crippen LogP contribution >= 0.6 is 15.9 Å². The number of nitrogens with zero attached hydrogens (tertiary/aromatic N) is 1. The molecule has 0 atom stereocenters. The van der Waals surface area contributed by atoms with Crippen LogP contribution in [0.3, 0.4) is 0 Å². The summed E-state index contributed by atoms with van der Waals surface area (Å²) in [6.45, 7) is -0.120. The molecular formula is C7H6BrF3N2O. The smallest absolute Gasteiger partial charge is 0.404 e. The normalized spacial score (nSPS) is 11.5. The number of hydrogen-bond acceptors (Lipinski definition) is 3. The molecule has 0 aliphatic heterocycles. The first kappa shape index (κ1) is 11.3. The molecule has 78 valence electrons. The molecule has 1 aromatic rings. The highest BCUT2D eigenvalue weighted by Gasteiger charge is 2.32. The maximum Gasteiger partial charge on any atom is 0.573 e. The van der Waals surface area contributed by atoms with E-state index in [2.05, 4.69) is 25.7 Å². The molecule has 0 saturated heterocycles. The lowest BCUT2D eigenvalue weighted by molar-refractivity contribution is -0.275. The molecule has 0 amide bonds. The molecule has 2 N–H and O–H groups in total. The minimum atomic E-state index is -4.72. The van der Waals surface area contributed by atoms with Crippen molar-refractivity contribution in [1.29, 1.82) is 0 Å². The van der Waals surface area contributed by atoms with Gasteiger partial charge in [0.05, 0.1) is 5.69 Å². The van der Waals surface area contributed by atoms with Crippen LogP contribution in [0.5, 0.6) is 5.75 Å². The van der Waals surface area contributed by atoms with E-state index in [1.54, 1.807) is 0 Å². The third-order valence-corrected chi connectivity index (χ3v) is 1.76. The van der Waals surface area contributed by atoms with E-state index < -0.39 is 6.36 Å². The summed E-state index contributed by atoms with van der Waals surface area (Å²) < 4.78 is 39.7. The van der Waals surface area contributed by atoms with Crippen molar-refractivity contribution >= 4 is 15.9 Å². The zero-order valence-electron chi connectivity index (χ0n) is 6.81. The van der Waals surface area contributed by atoms with Crippen LogP contribution in [0.2, 0.25) is 0 Å². The highest BCUT2D eigenvalue weighted by atomic mass is 79.9. The minimum absolute atomic E-state index is 0.0525. The van der Waals surface area contributed by atoms with Crippen LogP contribution < -0.4 is 10.5 Å². The van der Waals surface area contributed by atoms with Gasteiger partial charge in [0.1, 0.15) is 4.60 Å². The lowest BCUT2D eigenvalue weighted by atomic mass is 10.3. The molecule has 0 spiro atoms. The summed E-state index contributed by atoms with van der Waals surface area (Å²) in [4.78, 5) is 3.74. The Morgan fingerprint density at radius 3 is 2.57 bits per heavy atom. The Bertz CT molecular complexity index is 329. The average Bonchev–Trinajstić information content (AvgIpc) is 2.06. The summed E-state index contributed by atoms with van der Waals surface area (Å²) in [5, 5.41) is 0. The Labute approximate surface area is 86.2 Å². The van der Waals surface area contributed by atoms with Gasteiger partial charge in [-0.1, -0.05) is 0 Å². The Morgan fingerprint density at radius 2 is 2.07 bits per heavy atom. The van der Waals surface area contributed by atoms with E-state index in [0.29, 0.717) is 4.60 Å². The number of pyridine rings is 1. The van der Waals surface area contributed by atoms with Crippen LogP contribution in [0, 0.1) is 0 Å². The molecule has 0 saturated carbocycles. The summed E-state index contributed by atoms with van der Waals surface area (Å²) in [5.74, 6) is -0.372.